The third-order valence-corrected chi connectivity index (χ3v) is 2.45. The van der Waals surface area contributed by atoms with Crippen LogP contribution in [0.3, 0.4) is 0 Å². The summed E-state index contributed by atoms with van der Waals surface area (Å²) in [4.78, 5) is 0. The van der Waals surface area contributed by atoms with Gasteiger partial charge in [-0.2, -0.15) is 0 Å². The zero-order chi connectivity index (χ0) is 6.27. The lowest BCUT2D eigenvalue weighted by Crippen LogP contribution is -2.40. The Morgan fingerprint density at radius 1 is 1.10 bits per heavy atom. The van der Waals surface area contributed by atoms with Crippen LogP contribution in [0.15, 0.2) is 0 Å². The second kappa shape index (κ2) is 3.07. The molecule has 0 radical (unpaired) electrons. The number of hydrogen-bond donors (Lipinski definition) is 2. The Morgan fingerprint density at radius 3 is 2.10 bits per heavy atom. The van der Waals surface area contributed by atoms with Crippen LogP contribution in [0, 0.1) is 0 Å². The second-order valence-electron chi connectivity index (χ2n) is 3.26. The molecule has 2 aliphatic rings. The van der Waals surface area contributed by atoms with Gasteiger partial charge < -0.3 is 10.4 Å². The van der Waals surface area contributed by atoms with Crippen molar-refractivity contribution in [3.63, 3.8) is 0 Å². The molecule has 2 aliphatic heterocycles. The largest absolute Gasteiger partial charge is 0.393 e. The molecule has 2 N–H and O–H groups in total. The third-order valence-electron chi connectivity index (χ3n) is 2.45. The number of aliphatic hydroxyl groups excluding tert-OH is 1. The van der Waals surface area contributed by atoms with Crippen LogP contribution in [0.1, 0.15) is 25.7 Å². The molecule has 2 heterocycles. The lowest BCUT2D eigenvalue weighted by Gasteiger charge is -2.24. The van der Waals surface area contributed by atoms with E-state index in [0.717, 1.165) is 12.8 Å². The molecule has 2 bridgehead atoms. The Morgan fingerprint density at radius 2 is 1.60 bits per heavy atom. The van der Waals surface area contributed by atoms with Gasteiger partial charge in [-0.15, -0.1) is 12.4 Å². The molecular formula is C7H14ClNO. The number of hydrogen-bond acceptors (Lipinski definition) is 2. The summed E-state index contributed by atoms with van der Waals surface area (Å²) in [7, 11) is 0. The predicted octanol–water partition coefficient (Wildman–Crippen LogP) is 0.683. The highest BCUT2D eigenvalue weighted by molar-refractivity contribution is 5.85. The van der Waals surface area contributed by atoms with Crippen LogP contribution in [-0.2, 0) is 0 Å². The maximum absolute atomic E-state index is 9.25. The van der Waals surface area contributed by atoms with E-state index < -0.39 is 0 Å². The minimum atomic E-state index is -0.0104. The summed E-state index contributed by atoms with van der Waals surface area (Å²) in [5.41, 5.74) is 0. The first-order chi connectivity index (χ1) is 4.34. The standard InChI is InChI=1S/C7H13NO.ClH/c9-7-3-5-1-2-6(4-7)8-5;/h5-9H,1-4H2;1H/t5-,6+,7?;. The molecule has 3 heteroatoms. The van der Waals surface area contributed by atoms with Crippen molar-refractivity contribution in [2.45, 2.75) is 43.9 Å². The fraction of sp³-hybridized carbons (Fsp3) is 1.00. The molecular weight excluding hydrogens is 150 g/mol. The first kappa shape index (κ1) is 8.31. The predicted molar refractivity (Wildman–Crippen MR) is 42.4 cm³/mol. The Kier molecular flexibility index (Phi) is 2.55. The van der Waals surface area contributed by atoms with E-state index in [4.69, 9.17) is 0 Å². The Bertz CT molecular complexity index is 108. The highest BCUT2D eigenvalue weighted by Crippen LogP contribution is 2.26. The number of aliphatic hydroxyl groups is 1. The molecule has 2 rings (SSSR count). The quantitative estimate of drug-likeness (QED) is 0.551. The summed E-state index contributed by atoms with van der Waals surface area (Å²) >= 11 is 0. The normalized spacial score (nSPS) is 44.7. The fourth-order valence-corrected chi connectivity index (χ4v) is 2.03. The summed E-state index contributed by atoms with van der Waals surface area (Å²) in [5, 5.41) is 12.7. The maximum atomic E-state index is 9.25. The van der Waals surface area contributed by atoms with Gasteiger partial charge in [0, 0.05) is 12.1 Å². The van der Waals surface area contributed by atoms with Crippen LogP contribution in [-0.4, -0.2) is 23.3 Å². The van der Waals surface area contributed by atoms with E-state index in [0.29, 0.717) is 12.1 Å². The molecule has 60 valence electrons. The number of nitrogens with one attached hydrogen (secondary N) is 1. The van der Waals surface area contributed by atoms with Crippen LogP contribution in [0.25, 0.3) is 0 Å². The Balaban J connectivity index is 0.000000500. The first-order valence-corrected chi connectivity index (χ1v) is 3.79. The molecule has 3 atom stereocenters. The molecule has 0 aromatic heterocycles. The zero-order valence-corrected chi connectivity index (χ0v) is 6.73. The molecule has 0 spiro atoms. The molecule has 0 aromatic rings. The third kappa shape index (κ3) is 1.44. The van der Waals surface area contributed by atoms with E-state index in [1.54, 1.807) is 0 Å². The average Bonchev–Trinajstić information content (AvgIpc) is 2.11. The summed E-state index contributed by atoms with van der Waals surface area (Å²) in [6, 6.07) is 1.28. The van der Waals surface area contributed by atoms with Crippen LogP contribution >= 0.6 is 12.4 Å². The van der Waals surface area contributed by atoms with Crippen molar-refractivity contribution in [2.75, 3.05) is 0 Å². The molecule has 0 saturated carbocycles. The molecule has 2 nitrogen and oxygen atoms in total. The number of halogens is 1. The Labute approximate surface area is 67.4 Å². The number of rotatable bonds is 0. The molecule has 10 heavy (non-hydrogen) atoms. The van der Waals surface area contributed by atoms with Gasteiger partial charge in [0.05, 0.1) is 6.10 Å². The van der Waals surface area contributed by atoms with Gasteiger partial charge in [0.15, 0.2) is 0 Å². The van der Waals surface area contributed by atoms with Gasteiger partial charge in [-0.1, -0.05) is 0 Å². The van der Waals surface area contributed by atoms with Crippen LogP contribution in [0.5, 0.6) is 0 Å². The SMILES string of the molecule is Cl.OC1C[C@H]2CC[C@@H](C1)N2. The van der Waals surface area contributed by atoms with Crippen molar-refractivity contribution < 1.29 is 5.11 Å². The van der Waals surface area contributed by atoms with Crippen molar-refractivity contribution in [2.24, 2.45) is 0 Å². The Hall–Kier alpha value is 0.210. The number of fused-ring (bicyclic) bond motifs is 2. The van der Waals surface area contributed by atoms with Crippen LogP contribution < -0.4 is 5.32 Å². The topological polar surface area (TPSA) is 32.3 Å². The van der Waals surface area contributed by atoms with Crippen LogP contribution in [0.2, 0.25) is 0 Å². The van der Waals surface area contributed by atoms with E-state index in [9.17, 15) is 5.11 Å². The van der Waals surface area contributed by atoms with Gasteiger partial charge in [0.25, 0.3) is 0 Å². The summed E-state index contributed by atoms with van der Waals surface area (Å²) in [5.74, 6) is 0. The summed E-state index contributed by atoms with van der Waals surface area (Å²) < 4.78 is 0. The van der Waals surface area contributed by atoms with Gasteiger partial charge in [0.2, 0.25) is 0 Å². The van der Waals surface area contributed by atoms with E-state index in [-0.39, 0.29) is 18.5 Å². The van der Waals surface area contributed by atoms with Crippen molar-refractivity contribution in [1.29, 1.82) is 0 Å². The van der Waals surface area contributed by atoms with Crippen molar-refractivity contribution >= 4 is 12.4 Å². The molecule has 2 saturated heterocycles. The van der Waals surface area contributed by atoms with E-state index in [1.165, 1.54) is 12.8 Å². The van der Waals surface area contributed by atoms with Crippen molar-refractivity contribution in [3.05, 3.63) is 0 Å². The molecule has 0 amide bonds. The lowest BCUT2D eigenvalue weighted by atomic mass is 10.0. The summed E-state index contributed by atoms with van der Waals surface area (Å²) in [6.07, 6.45) is 4.51. The fourth-order valence-electron chi connectivity index (χ4n) is 2.03. The second-order valence-corrected chi connectivity index (χ2v) is 3.26. The van der Waals surface area contributed by atoms with Crippen molar-refractivity contribution in [1.82, 2.24) is 5.32 Å². The molecule has 1 unspecified atom stereocenters. The maximum Gasteiger partial charge on any atom is 0.0569 e. The smallest absolute Gasteiger partial charge is 0.0569 e. The highest BCUT2D eigenvalue weighted by atomic mass is 35.5. The highest BCUT2D eigenvalue weighted by Gasteiger charge is 2.31. The molecule has 0 aromatic carbocycles. The molecule has 0 aliphatic carbocycles. The van der Waals surface area contributed by atoms with E-state index in [2.05, 4.69) is 5.32 Å². The van der Waals surface area contributed by atoms with Gasteiger partial charge in [-0.3, -0.25) is 0 Å². The van der Waals surface area contributed by atoms with E-state index in [1.807, 2.05) is 0 Å². The van der Waals surface area contributed by atoms with E-state index >= 15 is 0 Å². The first-order valence-electron chi connectivity index (χ1n) is 3.79. The van der Waals surface area contributed by atoms with Crippen molar-refractivity contribution in [3.8, 4) is 0 Å². The van der Waals surface area contributed by atoms with Gasteiger partial charge in [0.1, 0.15) is 0 Å². The minimum Gasteiger partial charge on any atom is -0.393 e. The monoisotopic (exact) mass is 163 g/mol. The average molecular weight is 164 g/mol. The van der Waals surface area contributed by atoms with Gasteiger partial charge in [-0.25, -0.2) is 0 Å². The minimum absolute atomic E-state index is 0. The van der Waals surface area contributed by atoms with Gasteiger partial charge in [-0.05, 0) is 25.7 Å². The summed E-state index contributed by atoms with van der Waals surface area (Å²) in [6.45, 7) is 0. The van der Waals surface area contributed by atoms with Crippen LogP contribution in [0.4, 0.5) is 0 Å². The number of piperidine rings is 1. The van der Waals surface area contributed by atoms with Gasteiger partial charge >= 0.3 is 0 Å². The molecule has 2 fully saturated rings. The lowest BCUT2D eigenvalue weighted by molar-refractivity contribution is 0.114. The zero-order valence-electron chi connectivity index (χ0n) is 5.92.